The van der Waals surface area contributed by atoms with Crippen LogP contribution in [0.3, 0.4) is 0 Å². The maximum Gasteiger partial charge on any atom is 0.269 e. The van der Waals surface area contributed by atoms with Gasteiger partial charge in [-0.15, -0.1) is 0 Å². The smallest absolute Gasteiger partial charge is 0.269 e. The van der Waals surface area contributed by atoms with Crippen LogP contribution in [0.5, 0.6) is 5.75 Å². The standard InChI is InChI=1S/C8H7F2IN2O2/c1-15-3-2-4(11)13-6(8(12)14)5(3)7(9)10/h2,7H,1H3,(H2,12,14). The van der Waals surface area contributed by atoms with Crippen molar-refractivity contribution in [2.75, 3.05) is 7.11 Å². The van der Waals surface area contributed by atoms with Crippen LogP contribution in [0.4, 0.5) is 8.78 Å². The van der Waals surface area contributed by atoms with Crippen molar-refractivity contribution < 1.29 is 18.3 Å². The largest absolute Gasteiger partial charge is 0.496 e. The molecule has 0 unspecified atom stereocenters. The summed E-state index contributed by atoms with van der Waals surface area (Å²) in [6.45, 7) is 0. The number of aromatic nitrogens is 1. The molecule has 1 rings (SSSR count). The molecule has 2 N–H and O–H groups in total. The summed E-state index contributed by atoms with van der Waals surface area (Å²) >= 11 is 1.78. The Labute approximate surface area is 98.0 Å². The Morgan fingerprint density at radius 1 is 1.67 bits per heavy atom. The topological polar surface area (TPSA) is 65.2 Å². The zero-order valence-electron chi connectivity index (χ0n) is 7.63. The number of amides is 1. The molecule has 1 aromatic rings. The number of nitrogens with two attached hydrogens (primary N) is 1. The Hall–Kier alpha value is -0.990. The minimum atomic E-state index is -2.85. The summed E-state index contributed by atoms with van der Waals surface area (Å²) in [5, 5.41) is 0. The van der Waals surface area contributed by atoms with Crippen molar-refractivity contribution in [2.24, 2.45) is 5.73 Å². The number of alkyl halides is 2. The summed E-state index contributed by atoms with van der Waals surface area (Å²) in [7, 11) is 1.24. The maximum absolute atomic E-state index is 12.6. The van der Waals surface area contributed by atoms with Crippen LogP contribution in [-0.4, -0.2) is 18.0 Å². The van der Waals surface area contributed by atoms with E-state index in [1.165, 1.54) is 13.2 Å². The molecule has 0 atom stereocenters. The van der Waals surface area contributed by atoms with E-state index in [4.69, 9.17) is 10.5 Å². The fourth-order valence-corrected chi connectivity index (χ4v) is 1.59. The van der Waals surface area contributed by atoms with Crippen molar-refractivity contribution in [2.45, 2.75) is 6.43 Å². The lowest BCUT2D eigenvalue weighted by molar-refractivity contribution is 0.0977. The Bertz CT molecular complexity index is 398. The van der Waals surface area contributed by atoms with Gasteiger partial charge < -0.3 is 10.5 Å². The molecule has 1 amide bonds. The second kappa shape index (κ2) is 4.69. The van der Waals surface area contributed by atoms with Gasteiger partial charge in [0.2, 0.25) is 0 Å². The molecule has 4 nitrogen and oxygen atoms in total. The molecule has 0 radical (unpaired) electrons. The minimum Gasteiger partial charge on any atom is -0.496 e. The summed E-state index contributed by atoms with van der Waals surface area (Å²) in [5.74, 6) is -1.08. The Balaban J connectivity index is 3.47. The van der Waals surface area contributed by atoms with E-state index < -0.39 is 23.6 Å². The Morgan fingerprint density at radius 2 is 2.27 bits per heavy atom. The molecule has 0 fully saturated rings. The van der Waals surface area contributed by atoms with Crippen LogP contribution in [0.2, 0.25) is 0 Å². The number of pyridine rings is 1. The van der Waals surface area contributed by atoms with Gasteiger partial charge in [-0.25, -0.2) is 13.8 Å². The lowest BCUT2D eigenvalue weighted by atomic mass is 10.1. The molecule has 0 saturated carbocycles. The third kappa shape index (κ3) is 2.52. The monoisotopic (exact) mass is 328 g/mol. The average molecular weight is 328 g/mol. The van der Waals surface area contributed by atoms with E-state index in [0.717, 1.165) is 0 Å². The lowest BCUT2D eigenvalue weighted by Crippen LogP contribution is -2.17. The highest BCUT2D eigenvalue weighted by Crippen LogP contribution is 2.32. The fourth-order valence-electron chi connectivity index (χ4n) is 1.07. The number of methoxy groups -OCH3 is 1. The zero-order chi connectivity index (χ0) is 11.6. The van der Waals surface area contributed by atoms with Gasteiger partial charge in [-0.05, 0) is 22.6 Å². The van der Waals surface area contributed by atoms with Gasteiger partial charge in [0, 0.05) is 6.07 Å². The highest BCUT2D eigenvalue weighted by atomic mass is 127. The molecule has 82 valence electrons. The highest BCUT2D eigenvalue weighted by Gasteiger charge is 2.24. The first-order chi connectivity index (χ1) is 6.97. The van der Waals surface area contributed by atoms with Crippen LogP contribution < -0.4 is 10.5 Å². The van der Waals surface area contributed by atoms with Crippen LogP contribution in [0.25, 0.3) is 0 Å². The van der Waals surface area contributed by atoms with E-state index in [1.807, 2.05) is 0 Å². The molecule has 0 aliphatic carbocycles. The van der Waals surface area contributed by atoms with Gasteiger partial charge in [0.1, 0.15) is 15.1 Å². The van der Waals surface area contributed by atoms with E-state index in [1.54, 1.807) is 22.6 Å². The van der Waals surface area contributed by atoms with Crippen LogP contribution in [0.15, 0.2) is 6.07 Å². The molecule has 0 saturated heterocycles. The van der Waals surface area contributed by atoms with Crippen LogP contribution >= 0.6 is 22.6 Å². The normalized spacial score (nSPS) is 10.5. The number of rotatable bonds is 3. The number of ether oxygens (including phenoxy) is 1. The summed E-state index contributed by atoms with van der Waals surface area (Å²) in [6, 6.07) is 1.31. The number of primary amides is 1. The van der Waals surface area contributed by atoms with Crippen molar-refractivity contribution in [3.05, 3.63) is 21.0 Å². The van der Waals surface area contributed by atoms with Crippen molar-refractivity contribution in [1.29, 1.82) is 0 Å². The minimum absolute atomic E-state index is 0.0850. The molecule has 0 bridgehead atoms. The van der Waals surface area contributed by atoms with Crippen molar-refractivity contribution >= 4 is 28.5 Å². The number of carbonyl (C=O) groups is 1. The van der Waals surface area contributed by atoms with Gasteiger partial charge >= 0.3 is 0 Å². The molecular formula is C8H7F2IN2O2. The molecule has 1 aromatic heterocycles. The molecule has 0 spiro atoms. The Morgan fingerprint density at radius 3 is 2.67 bits per heavy atom. The van der Waals surface area contributed by atoms with Gasteiger partial charge in [0.25, 0.3) is 12.3 Å². The van der Waals surface area contributed by atoms with E-state index in [9.17, 15) is 13.6 Å². The first-order valence-electron chi connectivity index (χ1n) is 3.79. The quantitative estimate of drug-likeness (QED) is 0.679. The predicted molar refractivity (Wildman–Crippen MR) is 57.0 cm³/mol. The first-order valence-corrected chi connectivity index (χ1v) is 4.87. The maximum atomic E-state index is 12.6. The van der Waals surface area contributed by atoms with Gasteiger partial charge in [0.15, 0.2) is 0 Å². The van der Waals surface area contributed by atoms with Crippen molar-refractivity contribution in [3.8, 4) is 5.75 Å². The second-order valence-corrected chi connectivity index (χ2v) is 3.68. The van der Waals surface area contributed by atoms with Crippen molar-refractivity contribution in [3.63, 3.8) is 0 Å². The first kappa shape index (κ1) is 12.1. The highest BCUT2D eigenvalue weighted by molar-refractivity contribution is 14.1. The van der Waals surface area contributed by atoms with Crippen LogP contribution in [-0.2, 0) is 0 Å². The number of carbonyl (C=O) groups excluding carboxylic acids is 1. The second-order valence-electron chi connectivity index (χ2n) is 2.57. The van der Waals surface area contributed by atoms with E-state index in [2.05, 4.69) is 4.98 Å². The lowest BCUT2D eigenvalue weighted by Gasteiger charge is -2.10. The molecule has 0 aliphatic rings. The number of hydrogen-bond acceptors (Lipinski definition) is 3. The Kier molecular flexibility index (Phi) is 3.77. The predicted octanol–water partition coefficient (Wildman–Crippen LogP) is 1.73. The summed E-state index contributed by atoms with van der Waals surface area (Å²) < 4.78 is 30.4. The molecule has 7 heteroatoms. The average Bonchev–Trinajstić information content (AvgIpc) is 2.15. The third-order valence-corrected chi connectivity index (χ3v) is 2.21. The molecule has 1 heterocycles. The van der Waals surface area contributed by atoms with Crippen LogP contribution in [0.1, 0.15) is 22.5 Å². The van der Waals surface area contributed by atoms with Crippen molar-refractivity contribution in [1.82, 2.24) is 4.98 Å². The third-order valence-electron chi connectivity index (χ3n) is 1.66. The van der Waals surface area contributed by atoms with Crippen LogP contribution in [0, 0.1) is 3.70 Å². The molecule has 15 heavy (non-hydrogen) atoms. The number of hydrogen-bond donors (Lipinski definition) is 1. The molecular weight excluding hydrogens is 321 g/mol. The van der Waals surface area contributed by atoms with E-state index in [0.29, 0.717) is 3.70 Å². The summed E-state index contributed by atoms with van der Waals surface area (Å²) in [4.78, 5) is 14.6. The summed E-state index contributed by atoms with van der Waals surface area (Å²) in [6.07, 6.45) is -2.85. The van der Waals surface area contributed by atoms with E-state index in [-0.39, 0.29) is 5.75 Å². The zero-order valence-corrected chi connectivity index (χ0v) is 9.79. The van der Waals surface area contributed by atoms with Gasteiger partial charge in [0.05, 0.1) is 12.7 Å². The SMILES string of the molecule is COc1cc(I)nc(C(N)=O)c1C(F)F. The fraction of sp³-hybridized carbons (Fsp3) is 0.250. The van der Waals surface area contributed by atoms with Gasteiger partial charge in [-0.2, -0.15) is 0 Å². The number of nitrogens with zero attached hydrogens (tertiary/aromatic N) is 1. The molecule has 0 aromatic carbocycles. The summed E-state index contributed by atoms with van der Waals surface area (Å²) in [5.41, 5.74) is 3.94. The van der Waals surface area contributed by atoms with E-state index >= 15 is 0 Å². The molecule has 0 aliphatic heterocycles. The van der Waals surface area contributed by atoms with Gasteiger partial charge in [-0.3, -0.25) is 4.79 Å². The van der Waals surface area contributed by atoms with Gasteiger partial charge in [-0.1, -0.05) is 0 Å². The number of halogens is 3.